The van der Waals surface area contributed by atoms with E-state index in [9.17, 15) is 27.9 Å². The van der Waals surface area contributed by atoms with E-state index in [2.05, 4.69) is 10.6 Å². The molecule has 148 valence electrons. The Bertz CT molecular complexity index is 711. The van der Waals surface area contributed by atoms with Crippen molar-refractivity contribution in [3.8, 4) is 0 Å². The van der Waals surface area contributed by atoms with Gasteiger partial charge in [-0.05, 0) is 37.8 Å². The number of aliphatic hydroxyl groups is 1. The van der Waals surface area contributed by atoms with E-state index in [1.165, 1.54) is 6.07 Å². The maximum Gasteiger partial charge on any atom is 0.257 e. The summed E-state index contributed by atoms with van der Waals surface area (Å²) in [5.74, 6) is -3.07. The molecule has 3 rings (SSSR count). The summed E-state index contributed by atoms with van der Waals surface area (Å²) in [5, 5.41) is 15.3. The minimum atomic E-state index is -2.01. The molecular formula is C19H23F3N2O3. The summed E-state index contributed by atoms with van der Waals surface area (Å²) in [5.41, 5.74) is -2.67. The van der Waals surface area contributed by atoms with Crippen molar-refractivity contribution < 1.29 is 27.9 Å². The van der Waals surface area contributed by atoms with Gasteiger partial charge in [0.1, 0.15) is 17.2 Å². The molecule has 0 aliphatic heterocycles. The van der Waals surface area contributed by atoms with Crippen molar-refractivity contribution in [2.24, 2.45) is 0 Å². The van der Waals surface area contributed by atoms with Crippen LogP contribution in [-0.4, -0.2) is 40.8 Å². The van der Waals surface area contributed by atoms with Gasteiger partial charge >= 0.3 is 0 Å². The van der Waals surface area contributed by atoms with Crippen LogP contribution in [0.1, 0.15) is 44.1 Å². The van der Waals surface area contributed by atoms with Crippen LogP contribution in [0.5, 0.6) is 0 Å². The predicted molar refractivity (Wildman–Crippen MR) is 91.5 cm³/mol. The van der Waals surface area contributed by atoms with E-state index in [1.807, 2.05) is 0 Å². The average molecular weight is 384 g/mol. The topological polar surface area (TPSA) is 78.4 Å². The third kappa shape index (κ3) is 4.43. The van der Waals surface area contributed by atoms with Gasteiger partial charge < -0.3 is 15.7 Å². The summed E-state index contributed by atoms with van der Waals surface area (Å²) in [6, 6.07) is 3.37. The van der Waals surface area contributed by atoms with E-state index in [0.29, 0.717) is 25.7 Å². The Kier molecular flexibility index (Phi) is 5.46. The van der Waals surface area contributed by atoms with Gasteiger partial charge in [0.2, 0.25) is 12.1 Å². The van der Waals surface area contributed by atoms with Crippen molar-refractivity contribution in [1.29, 1.82) is 0 Å². The molecule has 2 aliphatic carbocycles. The molecule has 2 amide bonds. The average Bonchev–Trinajstić information content (AvgIpc) is 3.24. The lowest BCUT2D eigenvalue weighted by Crippen LogP contribution is -2.52. The molecule has 2 saturated carbocycles. The molecule has 0 bridgehead atoms. The van der Waals surface area contributed by atoms with E-state index in [-0.39, 0.29) is 24.9 Å². The van der Waals surface area contributed by atoms with Crippen molar-refractivity contribution in [3.05, 3.63) is 35.4 Å². The molecule has 3 N–H and O–H groups in total. The van der Waals surface area contributed by atoms with E-state index in [0.717, 1.165) is 12.1 Å². The summed E-state index contributed by atoms with van der Waals surface area (Å²) < 4.78 is 41.6. The maximum absolute atomic E-state index is 14.3. The third-order valence-corrected chi connectivity index (χ3v) is 5.43. The molecule has 5 nitrogen and oxygen atoms in total. The summed E-state index contributed by atoms with van der Waals surface area (Å²) in [6.45, 7) is 0.00777. The number of alkyl halides is 1. The number of nitrogens with one attached hydrogen (secondary N) is 2. The molecular weight excluding hydrogens is 361 g/mol. The summed E-state index contributed by atoms with van der Waals surface area (Å²) in [4.78, 5) is 24.2. The Morgan fingerprint density at radius 1 is 1.11 bits per heavy atom. The molecule has 1 unspecified atom stereocenters. The number of carbonyl (C=O) groups is 2. The van der Waals surface area contributed by atoms with Crippen molar-refractivity contribution in [2.75, 3.05) is 6.54 Å². The van der Waals surface area contributed by atoms with Gasteiger partial charge in [-0.2, -0.15) is 0 Å². The third-order valence-electron chi connectivity index (χ3n) is 5.43. The first-order valence-electron chi connectivity index (χ1n) is 9.13. The van der Waals surface area contributed by atoms with Gasteiger partial charge in [0.05, 0.1) is 12.0 Å². The summed E-state index contributed by atoms with van der Waals surface area (Å²) >= 11 is 0. The fraction of sp³-hybridized carbons (Fsp3) is 0.579. The molecule has 0 saturated heterocycles. The molecule has 0 radical (unpaired) electrons. The SMILES string of the molecule is O=C(Cc1c(F)cccc1F)NC1(CNC(=O)C(F)C2(O)CCCC2)CC1. The van der Waals surface area contributed by atoms with Crippen LogP contribution in [-0.2, 0) is 16.0 Å². The molecule has 0 spiro atoms. The first-order valence-corrected chi connectivity index (χ1v) is 9.13. The van der Waals surface area contributed by atoms with Gasteiger partial charge in [-0.25, -0.2) is 13.2 Å². The van der Waals surface area contributed by atoms with Crippen LogP contribution in [0, 0.1) is 11.6 Å². The predicted octanol–water partition coefficient (Wildman–Crippen LogP) is 1.92. The van der Waals surface area contributed by atoms with Gasteiger partial charge in [-0.1, -0.05) is 18.9 Å². The second-order valence-corrected chi connectivity index (χ2v) is 7.60. The number of carbonyl (C=O) groups excluding carboxylic acids is 2. The Labute approximate surface area is 155 Å². The number of benzene rings is 1. The maximum atomic E-state index is 14.3. The van der Waals surface area contributed by atoms with Crippen molar-refractivity contribution >= 4 is 11.8 Å². The van der Waals surface area contributed by atoms with Crippen molar-refractivity contribution in [1.82, 2.24) is 10.6 Å². The fourth-order valence-electron chi connectivity index (χ4n) is 3.53. The second kappa shape index (κ2) is 7.50. The molecule has 8 heteroatoms. The monoisotopic (exact) mass is 384 g/mol. The number of hydrogen-bond donors (Lipinski definition) is 3. The van der Waals surface area contributed by atoms with Crippen LogP contribution in [0.4, 0.5) is 13.2 Å². The van der Waals surface area contributed by atoms with Crippen LogP contribution in [0.15, 0.2) is 18.2 Å². The molecule has 1 aromatic rings. The zero-order valence-corrected chi connectivity index (χ0v) is 14.9. The number of halogens is 3. The Morgan fingerprint density at radius 2 is 1.70 bits per heavy atom. The first kappa shape index (κ1) is 19.7. The number of rotatable bonds is 7. The highest BCUT2D eigenvalue weighted by molar-refractivity contribution is 5.83. The molecule has 27 heavy (non-hydrogen) atoms. The Balaban J connectivity index is 1.52. The van der Waals surface area contributed by atoms with E-state index < -0.39 is 47.2 Å². The highest BCUT2D eigenvalue weighted by atomic mass is 19.1. The zero-order valence-electron chi connectivity index (χ0n) is 14.9. The molecule has 1 aromatic carbocycles. The Hall–Kier alpha value is -2.09. The molecule has 0 heterocycles. The Morgan fingerprint density at radius 3 is 2.26 bits per heavy atom. The zero-order chi connectivity index (χ0) is 19.7. The number of amides is 2. The van der Waals surface area contributed by atoms with Crippen LogP contribution < -0.4 is 10.6 Å². The lowest BCUT2D eigenvalue weighted by molar-refractivity contribution is -0.137. The van der Waals surface area contributed by atoms with Gasteiger partial charge in [-0.3, -0.25) is 9.59 Å². The van der Waals surface area contributed by atoms with Gasteiger partial charge in [0.25, 0.3) is 5.91 Å². The summed E-state index contributed by atoms with van der Waals surface area (Å²) in [7, 11) is 0. The highest BCUT2D eigenvalue weighted by Crippen LogP contribution is 2.36. The van der Waals surface area contributed by atoms with Gasteiger partial charge in [0.15, 0.2) is 0 Å². The van der Waals surface area contributed by atoms with E-state index >= 15 is 0 Å². The first-order chi connectivity index (χ1) is 12.7. The molecule has 2 aliphatic rings. The van der Waals surface area contributed by atoms with Gasteiger partial charge in [0, 0.05) is 12.1 Å². The van der Waals surface area contributed by atoms with Crippen LogP contribution >= 0.6 is 0 Å². The van der Waals surface area contributed by atoms with E-state index in [1.54, 1.807) is 0 Å². The minimum absolute atomic E-state index is 0.00777. The fourth-order valence-corrected chi connectivity index (χ4v) is 3.53. The lowest BCUT2D eigenvalue weighted by atomic mass is 9.95. The largest absolute Gasteiger partial charge is 0.386 e. The van der Waals surface area contributed by atoms with Crippen LogP contribution in [0.25, 0.3) is 0 Å². The van der Waals surface area contributed by atoms with Crippen LogP contribution in [0.3, 0.4) is 0 Å². The normalized spacial score (nSPS) is 20.7. The molecule has 1 atom stereocenters. The summed E-state index contributed by atoms with van der Waals surface area (Å²) in [6.07, 6.45) is 0.516. The quantitative estimate of drug-likeness (QED) is 0.672. The van der Waals surface area contributed by atoms with Crippen LogP contribution in [0.2, 0.25) is 0 Å². The molecule has 2 fully saturated rings. The highest BCUT2D eigenvalue weighted by Gasteiger charge is 2.47. The van der Waals surface area contributed by atoms with Crippen molar-refractivity contribution in [3.63, 3.8) is 0 Å². The lowest BCUT2D eigenvalue weighted by Gasteiger charge is -2.26. The second-order valence-electron chi connectivity index (χ2n) is 7.60. The van der Waals surface area contributed by atoms with Gasteiger partial charge in [-0.15, -0.1) is 0 Å². The minimum Gasteiger partial charge on any atom is -0.386 e. The van der Waals surface area contributed by atoms with Crippen molar-refractivity contribution in [2.45, 2.75) is 62.3 Å². The molecule has 0 aromatic heterocycles. The smallest absolute Gasteiger partial charge is 0.257 e. The standard InChI is InChI=1S/C19H23F3N2O3/c20-13-4-3-5-14(21)12(13)10-15(25)24-18(8-9-18)11-23-17(26)16(22)19(27)6-1-2-7-19/h3-5,16,27H,1-2,6-11H2,(H,23,26)(H,24,25). The van der Waals surface area contributed by atoms with E-state index in [4.69, 9.17) is 0 Å². The number of hydrogen-bond acceptors (Lipinski definition) is 3.